The fraction of sp³-hybridized carbons (Fsp3) is 0.0833. The summed E-state index contributed by atoms with van der Waals surface area (Å²) in [7, 11) is 0. The highest BCUT2D eigenvalue weighted by Crippen LogP contribution is 2.38. The molecular weight excluding hydrogens is 632 g/mol. The Morgan fingerprint density at radius 1 is 0.941 bits per heavy atom. The Balaban J connectivity index is 1.49. The summed E-state index contributed by atoms with van der Waals surface area (Å²) in [6, 6.07) is 14.6. The number of benzene rings is 3. The minimum absolute atomic E-state index is 0.0997. The van der Waals surface area contributed by atoms with Gasteiger partial charge in [-0.25, -0.2) is 4.39 Å². The molecular formula is C24H14Br2Cl2FNO3S. The lowest BCUT2D eigenvalue weighted by atomic mass is 10.2. The van der Waals surface area contributed by atoms with Crippen molar-refractivity contribution in [2.45, 2.75) is 13.2 Å². The van der Waals surface area contributed by atoms with Gasteiger partial charge in [-0.3, -0.25) is 14.5 Å². The van der Waals surface area contributed by atoms with Crippen LogP contribution in [0.1, 0.15) is 16.7 Å². The van der Waals surface area contributed by atoms with Crippen molar-refractivity contribution in [3.05, 3.63) is 101 Å². The Morgan fingerprint density at radius 3 is 2.24 bits per heavy atom. The van der Waals surface area contributed by atoms with Crippen LogP contribution in [0, 0.1) is 5.82 Å². The number of nitrogens with zero attached hydrogens (tertiary/aromatic N) is 1. The predicted octanol–water partition coefficient (Wildman–Crippen LogP) is 8.47. The van der Waals surface area contributed by atoms with Gasteiger partial charge < -0.3 is 4.74 Å². The van der Waals surface area contributed by atoms with Gasteiger partial charge in [-0.1, -0.05) is 41.4 Å². The summed E-state index contributed by atoms with van der Waals surface area (Å²) in [4.78, 5) is 26.8. The zero-order chi connectivity index (χ0) is 24.4. The van der Waals surface area contributed by atoms with Gasteiger partial charge >= 0.3 is 0 Å². The van der Waals surface area contributed by atoms with Gasteiger partial charge in [0.15, 0.2) is 0 Å². The quantitative estimate of drug-likeness (QED) is 0.252. The lowest BCUT2D eigenvalue weighted by Crippen LogP contribution is -2.27. The van der Waals surface area contributed by atoms with Crippen LogP contribution in [0.5, 0.6) is 5.75 Å². The van der Waals surface area contributed by atoms with Crippen molar-refractivity contribution in [3.8, 4) is 5.75 Å². The first-order valence-electron chi connectivity index (χ1n) is 9.77. The van der Waals surface area contributed by atoms with Gasteiger partial charge in [0.05, 0.1) is 30.4 Å². The van der Waals surface area contributed by atoms with Gasteiger partial charge in [-0.05, 0) is 103 Å². The largest absolute Gasteiger partial charge is 0.487 e. The molecule has 2 amide bonds. The number of rotatable bonds is 6. The lowest BCUT2D eigenvalue weighted by molar-refractivity contribution is -0.123. The van der Waals surface area contributed by atoms with Crippen LogP contribution in [-0.4, -0.2) is 16.0 Å². The van der Waals surface area contributed by atoms with Crippen LogP contribution in [0.25, 0.3) is 6.08 Å². The number of halogens is 5. The number of imide groups is 1. The van der Waals surface area contributed by atoms with Crippen molar-refractivity contribution in [1.29, 1.82) is 0 Å². The van der Waals surface area contributed by atoms with E-state index in [1.807, 2.05) is 0 Å². The van der Waals surface area contributed by atoms with Crippen LogP contribution >= 0.6 is 66.8 Å². The molecule has 0 saturated carbocycles. The second kappa shape index (κ2) is 10.8. The molecule has 0 spiro atoms. The van der Waals surface area contributed by atoms with Crippen LogP contribution in [-0.2, 0) is 17.9 Å². The van der Waals surface area contributed by atoms with Gasteiger partial charge in [-0.2, -0.15) is 0 Å². The van der Waals surface area contributed by atoms with Crippen molar-refractivity contribution in [1.82, 2.24) is 4.90 Å². The Hall–Kier alpha value is -1.84. The first-order valence-corrected chi connectivity index (χ1v) is 12.9. The maximum atomic E-state index is 13.1. The van der Waals surface area contributed by atoms with Crippen molar-refractivity contribution in [2.75, 3.05) is 0 Å². The minimum atomic E-state index is -0.384. The third kappa shape index (κ3) is 5.86. The summed E-state index contributed by atoms with van der Waals surface area (Å²) in [6.07, 6.45) is 1.65. The van der Waals surface area contributed by atoms with Crippen molar-refractivity contribution in [2.24, 2.45) is 0 Å². The Labute approximate surface area is 226 Å². The maximum absolute atomic E-state index is 13.1. The second-order valence-corrected chi connectivity index (χ2v) is 10.8. The Kier molecular flexibility index (Phi) is 8.05. The summed E-state index contributed by atoms with van der Waals surface area (Å²) >= 11 is 19.8. The molecule has 4 nitrogen and oxygen atoms in total. The summed E-state index contributed by atoms with van der Waals surface area (Å²) < 4.78 is 20.3. The highest BCUT2D eigenvalue weighted by molar-refractivity contribution is 9.11. The number of amides is 2. The molecule has 10 heteroatoms. The summed E-state index contributed by atoms with van der Waals surface area (Å²) in [6.45, 7) is 0.354. The van der Waals surface area contributed by atoms with Crippen LogP contribution in [0.15, 0.2) is 68.4 Å². The zero-order valence-electron chi connectivity index (χ0n) is 17.2. The highest BCUT2D eigenvalue weighted by Gasteiger charge is 2.35. The topological polar surface area (TPSA) is 46.6 Å². The van der Waals surface area contributed by atoms with Gasteiger partial charge in [-0.15, -0.1) is 0 Å². The SMILES string of the molecule is O=C1S/C(=C\c2cc(Br)c(OCc3ccc(F)cc3)c(Br)c2)C(=O)N1Cc1ccc(Cl)c(Cl)c1. The molecule has 1 aliphatic rings. The predicted molar refractivity (Wildman–Crippen MR) is 141 cm³/mol. The van der Waals surface area contributed by atoms with E-state index in [1.165, 1.54) is 17.0 Å². The Morgan fingerprint density at radius 2 is 1.59 bits per heavy atom. The molecule has 1 heterocycles. The molecule has 0 bridgehead atoms. The molecule has 1 saturated heterocycles. The monoisotopic (exact) mass is 643 g/mol. The normalized spacial score (nSPS) is 14.9. The van der Waals surface area contributed by atoms with Gasteiger partial charge in [0.25, 0.3) is 11.1 Å². The molecule has 4 rings (SSSR count). The fourth-order valence-electron chi connectivity index (χ4n) is 3.15. The fourth-order valence-corrected chi connectivity index (χ4v) is 5.75. The van der Waals surface area contributed by atoms with E-state index >= 15 is 0 Å². The van der Waals surface area contributed by atoms with E-state index in [0.717, 1.165) is 17.3 Å². The smallest absolute Gasteiger partial charge is 0.293 e. The number of carbonyl (C=O) groups excluding carboxylic acids is 2. The van der Waals surface area contributed by atoms with Gasteiger partial charge in [0.1, 0.15) is 18.2 Å². The molecule has 1 fully saturated rings. The van der Waals surface area contributed by atoms with E-state index in [0.29, 0.717) is 40.8 Å². The first-order chi connectivity index (χ1) is 16.2. The summed E-state index contributed by atoms with van der Waals surface area (Å²) in [5.41, 5.74) is 2.22. The minimum Gasteiger partial charge on any atom is -0.487 e. The molecule has 0 aliphatic carbocycles. The molecule has 0 radical (unpaired) electrons. The van der Waals surface area contributed by atoms with Crippen molar-refractivity contribution in [3.63, 3.8) is 0 Å². The average molecular weight is 646 g/mol. The molecule has 0 aromatic heterocycles. The lowest BCUT2D eigenvalue weighted by Gasteiger charge is -2.13. The molecule has 174 valence electrons. The Bertz CT molecular complexity index is 1300. The van der Waals surface area contributed by atoms with E-state index in [4.69, 9.17) is 27.9 Å². The summed E-state index contributed by atoms with van der Waals surface area (Å²) in [5.74, 6) is -0.129. The number of hydrogen-bond donors (Lipinski definition) is 0. The first kappa shape index (κ1) is 25.3. The van der Waals surface area contributed by atoms with E-state index in [2.05, 4.69) is 31.9 Å². The molecule has 34 heavy (non-hydrogen) atoms. The van der Waals surface area contributed by atoms with Crippen LogP contribution < -0.4 is 4.74 Å². The number of ether oxygens (including phenoxy) is 1. The van der Waals surface area contributed by atoms with E-state index in [1.54, 1.807) is 48.5 Å². The van der Waals surface area contributed by atoms with Crippen LogP contribution in [0.2, 0.25) is 10.0 Å². The van der Waals surface area contributed by atoms with Crippen molar-refractivity contribution >= 4 is 84.0 Å². The van der Waals surface area contributed by atoms with Crippen molar-refractivity contribution < 1.29 is 18.7 Å². The van der Waals surface area contributed by atoms with Gasteiger partial charge in [0, 0.05) is 0 Å². The molecule has 0 N–H and O–H groups in total. The highest BCUT2D eigenvalue weighted by atomic mass is 79.9. The van der Waals surface area contributed by atoms with E-state index in [-0.39, 0.29) is 30.1 Å². The average Bonchev–Trinajstić information content (AvgIpc) is 3.04. The summed E-state index contributed by atoms with van der Waals surface area (Å²) in [5, 5.41) is 0.401. The molecule has 0 atom stereocenters. The van der Waals surface area contributed by atoms with Crippen LogP contribution in [0.3, 0.4) is 0 Å². The third-order valence-electron chi connectivity index (χ3n) is 4.81. The zero-order valence-corrected chi connectivity index (χ0v) is 22.7. The second-order valence-electron chi connectivity index (χ2n) is 7.25. The molecule has 3 aromatic rings. The number of hydrogen-bond acceptors (Lipinski definition) is 4. The third-order valence-corrected chi connectivity index (χ3v) is 7.64. The molecule has 1 aliphatic heterocycles. The number of thioether (sulfide) groups is 1. The molecule has 0 unspecified atom stereocenters. The van der Waals surface area contributed by atoms with Crippen LogP contribution in [0.4, 0.5) is 9.18 Å². The van der Waals surface area contributed by atoms with Gasteiger partial charge in [0.2, 0.25) is 0 Å². The standard InChI is InChI=1S/C24H14Br2Cl2FNO3S/c25-17-7-15(8-18(26)22(17)33-12-13-1-4-16(29)5-2-13)10-21-23(31)30(24(32)34-21)11-14-3-6-19(27)20(28)9-14/h1-10H,11-12H2/b21-10-. The number of carbonyl (C=O) groups is 2. The molecule has 3 aromatic carbocycles. The van der Waals surface area contributed by atoms with E-state index in [9.17, 15) is 14.0 Å². The maximum Gasteiger partial charge on any atom is 0.293 e. The van der Waals surface area contributed by atoms with E-state index < -0.39 is 0 Å².